The van der Waals surface area contributed by atoms with E-state index in [1.165, 1.54) is 4.90 Å². The predicted octanol–water partition coefficient (Wildman–Crippen LogP) is 2.79. The van der Waals surface area contributed by atoms with Crippen molar-refractivity contribution in [3.8, 4) is 6.07 Å². The van der Waals surface area contributed by atoms with E-state index in [-0.39, 0.29) is 30.7 Å². The Balaban J connectivity index is 1.82. The Hall–Kier alpha value is -2.94. The van der Waals surface area contributed by atoms with Gasteiger partial charge in [0.25, 0.3) is 5.91 Å². The van der Waals surface area contributed by atoms with Crippen LogP contribution in [0.25, 0.3) is 0 Å². The summed E-state index contributed by atoms with van der Waals surface area (Å²) < 4.78 is 0. The molecule has 0 radical (unpaired) electrons. The topological polar surface area (TPSA) is 81.5 Å². The van der Waals surface area contributed by atoms with Crippen molar-refractivity contribution in [2.75, 3.05) is 11.4 Å². The number of carbonyl (C=O) groups excluding carboxylic acids is 3. The molecule has 1 saturated carbocycles. The molecule has 2 aliphatic rings. The molecule has 1 aromatic carbocycles. The Morgan fingerprint density at radius 3 is 2.48 bits per heavy atom. The number of amides is 3. The molecule has 1 unspecified atom stereocenters. The number of hydrogen-bond donors (Lipinski definition) is 0. The van der Waals surface area contributed by atoms with Gasteiger partial charge in [-0.1, -0.05) is 25.3 Å². The first kappa shape index (κ1) is 18.8. The molecular weight excluding hydrogens is 342 g/mol. The zero-order valence-corrected chi connectivity index (χ0v) is 15.3. The van der Waals surface area contributed by atoms with E-state index in [4.69, 9.17) is 5.26 Å². The second kappa shape index (κ2) is 8.17. The Morgan fingerprint density at radius 1 is 1.22 bits per heavy atom. The number of hydrogen-bond acceptors (Lipinski definition) is 4. The van der Waals surface area contributed by atoms with Crippen molar-refractivity contribution in [1.82, 2.24) is 4.90 Å². The maximum absolute atomic E-state index is 13.0. The van der Waals surface area contributed by atoms with E-state index in [0.717, 1.165) is 37.0 Å². The molecular formula is C21H23N3O3. The fraction of sp³-hybridized carbons (Fsp3) is 0.429. The quantitative estimate of drug-likeness (QED) is 0.593. The molecule has 2 fully saturated rings. The van der Waals surface area contributed by atoms with Crippen LogP contribution in [-0.2, 0) is 14.4 Å². The Kier molecular flexibility index (Phi) is 5.70. The van der Waals surface area contributed by atoms with Crippen LogP contribution in [-0.4, -0.2) is 35.2 Å². The van der Waals surface area contributed by atoms with Crippen molar-refractivity contribution in [2.24, 2.45) is 5.92 Å². The Labute approximate surface area is 159 Å². The van der Waals surface area contributed by atoms with Gasteiger partial charge >= 0.3 is 0 Å². The van der Waals surface area contributed by atoms with Crippen molar-refractivity contribution >= 4 is 23.4 Å². The van der Waals surface area contributed by atoms with Gasteiger partial charge in [-0.15, -0.1) is 6.58 Å². The zero-order valence-electron chi connectivity index (χ0n) is 15.3. The van der Waals surface area contributed by atoms with Gasteiger partial charge in [-0.05, 0) is 37.1 Å². The summed E-state index contributed by atoms with van der Waals surface area (Å²) in [6.07, 6.45) is 6.42. The van der Waals surface area contributed by atoms with Crippen LogP contribution in [0.4, 0.5) is 5.69 Å². The summed E-state index contributed by atoms with van der Waals surface area (Å²) in [5, 5.41) is 8.91. The van der Waals surface area contributed by atoms with Gasteiger partial charge in [0.1, 0.15) is 6.04 Å². The van der Waals surface area contributed by atoms with Crippen LogP contribution >= 0.6 is 0 Å². The van der Waals surface area contributed by atoms with Gasteiger partial charge in [-0.2, -0.15) is 5.26 Å². The molecule has 1 aliphatic heterocycles. The van der Waals surface area contributed by atoms with Crippen LogP contribution < -0.4 is 4.90 Å². The van der Waals surface area contributed by atoms with Crippen molar-refractivity contribution in [3.63, 3.8) is 0 Å². The van der Waals surface area contributed by atoms with Gasteiger partial charge in [0.05, 0.1) is 23.7 Å². The summed E-state index contributed by atoms with van der Waals surface area (Å²) in [4.78, 5) is 41.2. The van der Waals surface area contributed by atoms with E-state index in [0.29, 0.717) is 11.3 Å². The van der Waals surface area contributed by atoms with Gasteiger partial charge in [-0.3, -0.25) is 14.4 Å². The Bertz CT molecular complexity index is 788. The third-order valence-electron chi connectivity index (χ3n) is 5.32. The van der Waals surface area contributed by atoms with Crippen LogP contribution in [0.1, 0.15) is 44.1 Å². The second-order valence-corrected chi connectivity index (χ2v) is 7.06. The van der Waals surface area contributed by atoms with E-state index in [1.807, 2.05) is 6.07 Å². The molecule has 3 rings (SSSR count). The minimum atomic E-state index is -0.791. The van der Waals surface area contributed by atoms with Crippen LogP contribution in [0.3, 0.4) is 0 Å². The molecule has 0 aromatic heterocycles. The fourth-order valence-electron chi connectivity index (χ4n) is 3.91. The van der Waals surface area contributed by atoms with E-state index in [1.54, 1.807) is 30.3 Å². The summed E-state index contributed by atoms with van der Waals surface area (Å²) in [6, 6.07) is 7.52. The lowest BCUT2D eigenvalue weighted by molar-refractivity contribution is -0.142. The van der Waals surface area contributed by atoms with Crippen molar-refractivity contribution in [2.45, 2.75) is 44.6 Å². The molecule has 1 atom stereocenters. The number of anilines is 1. The lowest BCUT2D eigenvalue weighted by Gasteiger charge is -2.31. The van der Waals surface area contributed by atoms with E-state index in [9.17, 15) is 14.4 Å². The molecule has 0 N–H and O–H groups in total. The van der Waals surface area contributed by atoms with E-state index < -0.39 is 11.9 Å². The first-order chi connectivity index (χ1) is 13.1. The minimum Gasteiger partial charge on any atom is -0.326 e. The SMILES string of the molecule is C=CCN(C(=O)C1CCCCC1)C1CC(=O)N(c2ccc(C#N)cc2)C1=O. The molecule has 1 saturated heterocycles. The number of rotatable bonds is 5. The number of nitriles is 1. The average molecular weight is 365 g/mol. The first-order valence-electron chi connectivity index (χ1n) is 9.35. The van der Waals surface area contributed by atoms with E-state index >= 15 is 0 Å². The minimum absolute atomic E-state index is 0.0227. The molecule has 6 nitrogen and oxygen atoms in total. The van der Waals surface area contributed by atoms with Gasteiger partial charge in [-0.25, -0.2) is 4.90 Å². The summed E-state index contributed by atoms with van der Waals surface area (Å²) in [7, 11) is 0. The monoisotopic (exact) mass is 365 g/mol. The highest BCUT2D eigenvalue weighted by atomic mass is 16.2. The van der Waals surface area contributed by atoms with Gasteiger partial charge in [0.15, 0.2) is 0 Å². The van der Waals surface area contributed by atoms with Crippen LogP contribution in [0.5, 0.6) is 0 Å². The number of nitrogens with zero attached hydrogens (tertiary/aromatic N) is 3. The maximum atomic E-state index is 13.0. The van der Waals surface area contributed by atoms with Crippen LogP contribution in [0, 0.1) is 17.2 Å². The molecule has 1 aliphatic carbocycles. The first-order valence-corrected chi connectivity index (χ1v) is 9.35. The largest absolute Gasteiger partial charge is 0.326 e. The van der Waals surface area contributed by atoms with Crippen molar-refractivity contribution in [3.05, 3.63) is 42.5 Å². The zero-order chi connectivity index (χ0) is 19.4. The highest BCUT2D eigenvalue weighted by molar-refractivity contribution is 6.23. The van der Waals surface area contributed by atoms with Crippen molar-refractivity contribution in [1.29, 1.82) is 5.26 Å². The molecule has 0 bridgehead atoms. The molecule has 1 aromatic rings. The Morgan fingerprint density at radius 2 is 1.89 bits per heavy atom. The molecule has 6 heteroatoms. The molecule has 27 heavy (non-hydrogen) atoms. The predicted molar refractivity (Wildman–Crippen MR) is 101 cm³/mol. The molecule has 140 valence electrons. The number of benzene rings is 1. The number of imide groups is 1. The van der Waals surface area contributed by atoms with E-state index in [2.05, 4.69) is 6.58 Å². The smallest absolute Gasteiger partial charge is 0.257 e. The molecule has 3 amide bonds. The van der Waals surface area contributed by atoms with Gasteiger partial charge < -0.3 is 4.90 Å². The fourth-order valence-corrected chi connectivity index (χ4v) is 3.91. The summed E-state index contributed by atoms with van der Waals surface area (Å²) >= 11 is 0. The highest BCUT2D eigenvalue weighted by Crippen LogP contribution is 2.30. The summed E-state index contributed by atoms with van der Waals surface area (Å²) in [5.41, 5.74) is 0.880. The van der Waals surface area contributed by atoms with Crippen LogP contribution in [0.15, 0.2) is 36.9 Å². The third kappa shape index (κ3) is 3.77. The average Bonchev–Trinajstić information content (AvgIpc) is 3.00. The molecule has 1 heterocycles. The normalized spacial score (nSPS) is 20.4. The third-order valence-corrected chi connectivity index (χ3v) is 5.32. The number of carbonyl (C=O) groups is 3. The second-order valence-electron chi connectivity index (χ2n) is 7.06. The van der Waals surface area contributed by atoms with Gasteiger partial charge in [0, 0.05) is 12.5 Å². The molecule has 0 spiro atoms. The standard InChI is InChI=1S/C21H23N3O3/c1-2-12-23(20(26)16-6-4-3-5-7-16)18-13-19(25)24(21(18)27)17-10-8-15(14-22)9-11-17/h2,8-11,16,18H,1,3-7,12-13H2. The van der Waals surface area contributed by atoms with Crippen LogP contribution in [0.2, 0.25) is 0 Å². The van der Waals surface area contributed by atoms with Crippen molar-refractivity contribution < 1.29 is 14.4 Å². The lowest BCUT2D eigenvalue weighted by Crippen LogP contribution is -2.48. The highest BCUT2D eigenvalue weighted by Gasteiger charge is 2.45. The summed E-state index contributed by atoms with van der Waals surface area (Å²) in [5.74, 6) is -0.857. The van der Waals surface area contributed by atoms with Gasteiger partial charge in [0.2, 0.25) is 11.8 Å². The summed E-state index contributed by atoms with van der Waals surface area (Å²) in [6.45, 7) is 3.96. The lowest BCUT2D eigenvalue weighted by atomic mass is 9.88. The maximum Gasteiger partial charge on any atom is 0.257 e.